The average molecular weight is 500 g/mol. The predicted molar refractivity (Wildman–Crippen MR) is 130 cm³/mol. The van der Waals surface area contributed by atoms with Crippen molar-refractivity contribution in [1.29, 1.82) is 0 Å². The number of nitrogens with zero attached hydrogens (tertiary/aromatic N) is 2. The zero-order chi connectivity index (χ0) is 24.4. The lowest BCUT2D eigenvalue weighted by molar-refractivity contribution is -0.116. The first-order valence-electron chi connectivity index (χ1n) is 12.0. The van der Waals surface area contributed by atoms with Crippen molar-refractivity contribution in [2.75, 3.05) is 49.6 Å². The fraction of sp³-hybridized carbons (Fsp3) is 0.440. The van der Waals surface area contributed by atoms with Crippen LogP contribution in [0.1, 0.15) is 41.6 Å². The molecule has 186 valence electrons. The van der Waals surface area contributed by atoms with Crippen LogP contribution in [0.25, 0.3) is 0 Å². The van der Waals surface area contributed by atoms with Gasteiger partial charge in [-0.15, -0.1) is 0 Å². The molecular weight excluding hydrogens is 470 g/mol. The molecule has 0 saturated carbocycles. The highest BCUT2D eigenvalue weighted by atomic mass is 32.2. The minimum Gasteiger partial charge on any atom is -0.423 e. The molecule has 3 aliphatic heterocycles. The standard InChI is InChI=1S/C25H29N3O6S/c29-24-9-4-18-16-19(5-7-22(18)26-24)34-25(30)21-17-20(35(31,32)28-12-14-33-15-13-28)6-8-23(21)27-10-2-1-3-11-27/h5-8,16-17H,1-4,9-15H2,(H,26,29). The molecule has 3 heterocycles. The van der Waals surface area contributed by atoms with Crippen LogP contribution in [0.5, 0.6) is 5.75 Å². The highest BCUT2D eigenvalue weighted by Gasteiger charge is 2.29. The largest absolute Gasteiger partial charge is 0.423 e. The van der Waals surface area contributed by atoms with E-state index >= 15 is 0 Å². The number of esters is 1. The number of aryl methyl sites for hydroxylation is 1. The highest BCUT2D eigenvalue weighted by Crippen LogP contribution is 2.31. The first-order valence-corrected chi connectivity index (χ1v) is 13.5. The Hall–Kier alpha value is -2.95. The summed E-state index contributed by atoms with van der Waals surface area (Å²) in [4.78, 5) is 27.2. The first kappa shape index (κ1) is 23.8. The van der Waals surface area contributed by atoms with E-state index in [1.165, 1.54) is 10.4 Å². The Morgan fingerprint density at radius 2 is 1.71 bits per heavy atom. The number of carbonyl (C=O) groups excluding carboxylic acids is 2. The molecule has 2 aromatic rings. The third-order valence-electron chi connectivity index (χ3n) is 6.68. The molecule has 10 heteroatoms. The lowest BCUT2D eigenvalue weighted by Crippen LogP contribution is -2.40. The number of amides is 1. The SMILES string of the molecule is O=C1CCc2cc(OC(=O)c3cc(S(=O)(=O)N4CCOCC4)ccc3N3CCCCC3)ccc2N1. The molecule has 2 fully saturated rings. The summed E-state index contributed by atoms with van der Waals surface area (Å²) in [7, 11) is -3.77. The van der Waals surface area contributed by atoms with Crippen molar-refractivity contribution >= 4 is 33.3 Å². The number of anilines is 2. The zero-order valence-electron chi connectivity index (χ0n) is 19.5. The number of hydrogen-bond acceptors (Lipinski definition) is 7. The number of piperidine rings is 1. The molecule has 0 aliphatic carbocycles. The van der Waals surface area contributed by atoms with E-state index in [0.717, 1.165) is 37.9 Å². The van der Waals surface area contributed by atoms with Gasteiger partial charge >= 0.3 is 5.97 Å². The van der Waals surface area contributed by atoms with Gasteiger partial charge in [-0.3, -0.25) is 4.79 Å². The molecular formula is C25H29N3O6S. The third-order valence-corrected chi connectivity index (χ3v) is 8.57. The third kappa shape index (κ3) is 5.05. The number of morpholine rings is 1. The number of rotatable bonds is 5. The van der Waals surface area contributed by atoms with Gasteiger partial charge in [-0.05, 0) is 67.6 Å². The van der Waals surface area contributed by atoms with Gasteiger partial charge in [0.05, 0.1) is 29.4 Å². The minimum atomic E-state index is -3.77. The van der Waals surface area contributed by atoms with Gasteiger partial charge < -0.3 is 19.7 Å². The van der Waals surface area contributed by atoms with E-state index in [1.54, 1.807) is 30.3 Å². The van der Waals surface area contributed by atoms with Gasteiger partial charge in [0.25, 0.3) is 0 Å². The number of carbonyl (C=O) groups is 2. The summed E-state index contributed by atoms with van der Waals surface area (Å²) >= 11 is 0. The van der Waals surface area contributed by atoms with Gasteiger partial charge in [0.15, 0.2) is 0 Å². The van der Waals surface area contributed by atoms with E-state index in [0.29, 0.717) is 43.2 Å². The predicted octanol–water partition coefficient (Wildman–Crippen LogP) is 2.80. The maximum absolute atomic E-state index is 13.4. The van der Waals surface area contributed by atoms with Crippen LogP contribution >= 0.6 is 0 Å². The second kappa shape index (κ2) is 9.96. The molecule has 1 N–H and O–H groups in total. The molecule has 2 saturated heterocycles. The Kier molecular flexibility index (Phi) is 6.77. The van der Waals surface area contributed by atoms with Crippen molar-refractivity contribution in [2.45, 2.75) is 37.0 Å². The van der Waals surface area contributed by atoms with Gasteiger partial charge in [-0.25, -0.2) is 13.2 Å². The average Bonchev–Trinajstić information content (AvgIpc) is 2.89. The molecule has 0 atom stereocenters. The van der Waals surface area contributed by atoms with Gasteiger partial charge in [0.1, 0.15) is 5.75 Å². The van der Waals surface area contributed by atoms with Crippen LogP contribution in [-0.2, 0) is 26.0 Å². The Labute approximate surface area is 205 Å². The number of nitrogens with one attached hydrogen (secondary N) is 1. The lowest BCUT2D eigenvalue weighted by Gasteiger charge is -2.31. The van der Waals surface area contributed by atoms with Crippen LogP contribution in [-0.4, -0.2) is 64.0 Å². The van der Waals surface area contributed by atoms with Gasteiger partial charge in [0, 0.05) is 38.3 Å². The lowest BCUT2D eigenvalue weighted by atomic mass is 10.0. The van der Waals surface area contributed by atoms with Gasteiger partial charge in [-0.2, -0.15) is 4.31 Å². The molecule has 0 radical (unpaired) electrons. The van der Waals surface area contributed by atoms with Crippen molar-refractivity contribution in [3.63, 3.8) is 0 Å². The van der Waals surface area contributed by atoms with Crippen LogP contribution in [0.3, 0.4) is 0 Å². The van der Waals surface area contributed by atoms with Gasteiger partial charge in [0.2, 0.25) is 15.9 Å². The summed E-state index contributed by atoms with van der Waals surface area (Å²) in [5, 5.41) is 2.81. The molecule has 0 aromatic heterocycles. The quantitative estimate of drug-likeness (QED) is 0.498. The van der Waals surface area contributed by atoms with E-state index < -0.39 is 16.0 Å². The van der Waals surface area contributed by atoms with Crippen LogP contribution in [0.15, 0.2) is 41.3 Å². The fourth-order valence-corrected chi connectivity index (χ4v) is 6.21. The Morgan fingerprint density at radius 3 is 2.49 bits per heavy atom. The number of sulfonamides is 1. The number of ether oxygens (including phenoxy) is 2. The fourth-order valence-electron chi connectivity index (χ4n) is 4.77. The normalized spacial score (nSPS) is 19.1. The zero-order valence-corrected chi connectivity index (χ0v) is 20.3. The van der Waals surface area contributed by atoms with Crippen LogP contribution in [0, 0.1) is 0 Å². The first-order chi connectivity index (χ1) is 16.9. The van der Waals surface area contributed by atoms with Crippen LogP contribution in [0.2, 0.25) is 0 Å². The van der Waals surface area contributed by atoms with Crippen LogP contribution in [0.4, 0.5) is 11.4 Å². The Morgan fingerprint density at radius 1 is 0.943 bits per heavy atom. The highest BCUT2D eigenvalue weighted by molar-refractivity contribution is 7.89. The van der Waals surface area contributed by atoms with Crippen LogP contribution < -0.4 is 15.0 Å². The van der Waals surface area contributed by atoms with Gasteiger partial charge in [-0.1, -0.05) is 0 Å². The Bertz CT molecular complexity index is 1230. The monoisotopic (exact) mass is 499 g/mol. The smallest absolute Gasteiger partial charge is 0.345 e. The molecule has 0 bridgehead atoms. The summed E-state index contributed by atoms with van der Waals surface area (Å²) in [6.07, 6.45) is 4.10. The van der Waals surface area contributed by atoms with E-state index in [9.17, 15) is 18.0 Å². The summed E-state index contributed by atoms with van der Waals surface area (Å²) in [5.74, 6) is -0.285. The number of fused-ring (bicyclic) bond motifs is 1. The van der Waals surface area contributed by atoms with E-state index in [-0.39, 0.29) is 29.5 Å². The summed E-state index contributed by atoms with van der Waals surface area (Å²) in [6, 6.07) is 9.85. The van der Waals surface area contributed by atoms with Crippen molar-refractivity contribution < 1.29 is 27.5 Å². The Balaban J connectivity index is 1.46. The number of benzene rings is 2. The maximum Gasteiger partial charge on any atom is 0.345 e. The van der Waals surface area contributed by atoms with E-state index in [4.69, 9.17) is 9.47 Å². The second-order valence-electron chi connectivity index (χ2n) is 9.00. The van der Waals surface area contributed by atoms with Crippen molar-refractivity contribution in [3.8, 4) is 5.75 Å². The van der Waals surface area contributed by atoms with Crippen molar-refractivity contribution in [1.82, 2.24) is 4.31 Å². The minimum absolute atomic E-state index is 0.0355. The second-order valence-corrected chi connectivity index (χ2v) is 10.9. The van der Waals surface area contributed by atoms with E-state index in [1.807, 2.05) is 0 Å². The van der Waals surface area contributed by atoms with Crippen molar-refractivity contribution in [3.05, 3.63) is 47.5 Å². The van der Waals surface area contributed by atoms with E-state index in [2.05, 4.69) is 10.2 Å². The molecule has 0 unspecified atom stereocenters. The molecule has 2 aromatic carbocycles. The molecule has 3 aliphatic rings. The summed E-state index contributed by atoms with van der Waals surface area (Å²) in [6.45, 7) is 2.85. The molecule has 9 nitrogen and oxygen atoms in total. The molecule has 0 spiro atoms. The van der Waals surface area contributed by atoms with Crippen molar-refractivity contribution in [2.24, 2.45) is 0 Å². The molecule has 35 heavy (non-hydrogen) atoms. The summed E-state index contributed by atoms with van der Waals surface area (Å²) < 4.78 is 38.9. The summed E-state index contributed by atoms with van der Waals surface area (Å²) in [5.41, 5.74) is 2.52. The molecule has 1 amide bonds. The maximum atomic E-state index is 13.4. The topological polar surface area (TPSA) is 105 Å². The molecule has 5 rings (SSSR count). The number of hydrogen-bond donors (Lipinski definition) is 1.